The first kappa shape index (κ1) is 16.3. The molecule has 0 atom stereocenters. The molecule has 0 aliphatic rings. The van der Waals surface area contributed by atoms with Gasteiger partial charge < -0.3 is 4.90 Å². The largest absolute Gasteiger partial charge is 0.377 e. The van der Waals surface area contributed by atoms with Gasteiger partial charge in [0, 0.05) is 37.1 Å². The van der Waals surface area contributed by atoms with Gasteiger partial charge in [-0.25, -0.2) is 8.42 Å². The Labute approximate surface area is 132 Å². The van der Waals surface area contributed by atoms with E-state index in [1.807, 2.05) is 43.3 Å². The Kier molecular flexibility index (Phi) is 4.74. The Morgan fingerprint density at radius 2 is 1.73 bits per heavy atom. The van der Waals surface area contributed by atoms with Gasteiger partial charge in [0.25, 0.3) is 0 Å². The number of benzene rings is 2. The molecule has 0 aliphatic carbocycles. The molecule has 0 fully saturated rings. The average molecular weight is 316 g/mol. The molecule has 2 aromatic carbocycles. The van der Waals surface area contributed by atoms with Gasteiger partial charge in [0.05, 0.1) is 11.4 Å². The maximum atomic E-state index is 12.9. The third kappa shape index (κ3) is 2.80. The maximum absolute atomic E-state index is 12.9. The van der Waals surface area contributed by atoms with Gasteiger partial charge in [-0.2, -0.15) is 4.31 Å². The molecule has 0 N–H and O–H groups in total. The molecular weight excluding hydrogens is 296 g/mol. The quantitative estimate of drug-likeness (QED) is 0.796. The van der Waals surface area contributed by atoms with E-state index >= 15 is 0 Å². The molecule has 0 radical (unpaired) electrons. The molecule has 0 spiro atoms. The van der Waals surface area contributed by atoms with E-state index in [1.165, 1.54) is 4.31 Å². The number of anilines is 1. The highest BCUT2D eigenvalue weighted by molar-refractivity contribution is 7.89. The molecule has 2 aromatic rings. The highest BCUT2D eigenvalue weighted by Gasteiger charge is 2.24. The van der Waals surface area contributed by atoms with Gasteiger partial charge in [-0.3, -0.25) is 0 Å². The lowest BCUT2D eigenvalue weighted by atomic mass is 10.1. The molecule has 5 heteroatoms. The predicted octanol–water partition coefficient (Wildman–Crippen LogP) is 2.55. The number of nitrogens with zero attached hydrogens (tertiary/aromatic N) is 2. The zero-order valence-electron chi connectivity index (χ0n) is 13.1. The topological polar surface area (TPSA) is 40.6 Å². The number of fused-ring (bicyclic) bond motifs is 1. The molecule has 0 aliphatic heterocycles. The molecule has 22 heavy (non-hydrogen) atoms. The molecule has 116 valence electrons. The first-order valence-electron chi connectivity index (χ1n) is 7.06. The fourth-order valence-corrected chi connectivity index (χ4v) is 4.06. The summed E-state index contributed by atoms with van der Waals surface area (Å²) in [5.74, 6) is 2.41. The maximum Gasteiger partial charge on any atom is 0.244 e. The summed E-state index contributed by atoms with van der Waals surface area (Å²) in [5, 5.41) is 1.62. The van der Waals surface area contributed by atoms with Crippen molar-refractivity contribution in [2.45, 2.75) is 11.8 Å². The van der Waals surface area contributed by atoms with Crippen LogP contribution >= 0.6 is 0 Å². The van der Waals surface area contributed by atoms with Crippen LogP contribution in [0, 0.1) is 12.3 Å². The number of sulfonamides is 1. The summed E-state index contributed by atoms with van der Waals surface area (Å²) in [5.41, 5.74) is 0.981. The summed E-state index contributed by atoms with van der Waals surface area (Å²) in [6, 6.07) is 11.0. The van der Waals surface area contributed by atoms with Crippen LogP contribution in [0.1, 0.15) is 6.92 Å². The van der Waals surface area contributed by atoms with Crippen LogP contribution in [0.25, 0.3) is 10.8 Å². The van der Waals surface area contributed by atoms with Gasteiger partial charge in [-0.05, 0) is 12.1 Å². The lowest BCUT2D eigenvalue weighted by Crippen LogP contribution is -2.31. The normalized spacial score (nSPS) is 11.6. The molecule has 0 heterocycles. The van der Waals surface area contributed by atoms with Crippen molar-refractivity contribution in [1.29, 1.82) is 0 Å². The van der Waals surface area contributed by atoms with E-state index in [4.69, 9.17) is 6.42 Å². The second-order valence-electron chi connectivity index (χ2n) is 5.16. The summed E-state index contributed by atoms with van der Waals surface area (Å²) in [6.45, 7) is 2.20. The zero-order chi connectivity index (χ0) is 16.3. The highest BCUT2D eigenvalue weighted by atomic mass is 32.2. The van der Waals surface area contributed by atoms with E-state index in [0.717, 1.165) is 11.1 Å². The first-order chi connectivity index (χ1) is 10.4. The van der Waals surface area contributed by atoms with Crippen molar-refractivity contribution in [3.63, 3.8) is 0 Å². The molecule has 0 amide bonds. The molecular formula is C17H20N2O2S. The van der Waals surface area contributed by atoms with E-state index in [2.05, 4.69) is 5.92 Å². The van der Waals surface area contributed by atoms with Crippen molar-refractivity contribution in [3.8, 4) is 12.3 Å². The standard InChI is InChI=1S/C17H20N2O2S/c1-5-13-19(6-2)22(20,21)17-12-8-9-14-15(17)10-7-11-16(14)18(3)4/h1,7-12H,6,13H2,2-4H3. The minimum atomic E-state index is -3.61. The van der Waals surface area contributed by atoms with E-state index < -0.39 is 10.0 Å². The van der Waals surface area contributed by atoms with Crippen LogP contribution in [-0.2, 0) is 10.0 Å². The van der Waals surface area contributed by atoms with Crippen LogP contribution in [-0.4, -0.2) is 39.9 Å². The SMILES string of the molecule is C#CCN(CC)S(=O)(=O)c1cccc2c(N(C)C)cccc12. The lowest BCUT2D eigenvalue weighted by molar-refractivity contribution is 0.465. The summed E-state index contributed by atoms with van der Waals surface area (Å²) >= 11 is 0. The van der Waals surface area contributed by atoms with Crippen LogP contribution in [0.3, 0.4) is 0 Å². The van der Waals surface area contributed by atoms with Crippen molar-refractivity contribution in [1.82, 2.24) is 4.31 Å². The third-order valence-electron chi connectivity index (χ3n) is 3.58. The minimum Gasteiger partial charge on any atom is -0.377 e. The van der Waals surface area contributed by atoms with Crippen molar-refractivity contribution in [2.24, 2.45) is 0 Å². The summed E-state index contributed by atoms with van der Waals surface area (Å²) in [6.07, 6.45) is 5.29. The van der Waals surface area contributed by atoms with Gasteiger partial charge in [0.1, 0.15) is 0 Å². The first-order valence-corrected chi connectivity index (χ1v) is 8.50. The second kappa shape index (κ2) is 6.39. The van der Waals surface area contributed by atoms with Crippen LogP contribution in [0.5, 0.6) is 0 Å². The molecule has 0 aromatic heterocycles. The summed E-state index contributed by atoms with van der Waals surface area (Å²) in [4.78, 5) is 2.27. The third-order valence-corrected chi connectivity index (χ3v) is 5.56. The van der Waals surface area contributed by atoms with Crippen molar-refractivity contribution in [3.05, 3.63) is 36.4 Å². The Bertz CT molecular complexity index is 820. The van der Waals surface area contributed by atoms with Gasteiger partial charge in [-0.1, -0.05) is 37.1 Å². The lowest BCUT2D eigenvalue weighted by Gasteiger charge is -2.21. The number of terminal acetylenes is 1. The van der Waals surface area contributed by atoms with Crippen molar-refractivity contribution >= 4 is 26.5 Å². The van der Waals surface area contributed by atoms with Gasteiger partial charge in [-0.15, -0.1) is 6.42 Å². The average Bonchev–Trinajstić information content (AvgIpc) is 2.50. The van der Waals surface area contributed by atoms with Gasteiger partial charge >= 0.3 is 0 Å². The van der Waals surface area contributed by atoms with Crippen molar-refractivity contribution in [2.75, 3.05) is 32.1 Å². The van der Waals surface area contributed by atoms with Crippen LogP contribution in [0.15, 0.2) is 41.3 Å². The van der Waals surface area contributed by atoms with E-state index in [0.29, 0.717) is 16.8 Å². The number of rotatable bonds is 5. The molecule has 0 bridgehead atoms. The van der Waals surface area contributed by atoms with Gasteiger partial charge in [0.15, 0.2) is 0 Å². The van der Waals surface area contributed by atoms with E-state index in [9.17, 15) is 8.42 Å². The van der Waals surface area contributed by atoms with E-state index in [1.54, 1.807) is 19.1 Å². The van der Waals surface area contributed by atoms with Crippen LogP contribution < -0.4 is 4.90 Å². The number of hydrogen-bond acceptors (Lipinski definition) is 3. The van der Waals surface area contributed by atoms with Gasteiger partial charge in [0.2, 0.25) is 10.0 Å². The summed E-state index contributed by atoms with van der Waals surface area (Å²) < 4.78 is 27.0. The molecule has 0 saturated heterocycles. The Morgan fingerprint density at radius 1 is 1.09 bits per heavy atom. The summed E-state index contributed by atoms with van der Waals surface area (Å²) in [7, 11) is 0.264. The fraction of sp³-hybridized carbons (Fsp3) is 0.294. The molecule has 0 unspecified atom stereocenters. The Balaban J connectivity index is 2.72. The predicted molar refractivity (Wildman–Crippen MR) is 91.5 cm³/mol. The second-order valence-corrected chi connectivity index (χ2v) is 7.06. The monoisotopic (exact) mass is 316 g/mol. The van der Waals surface area contributed by atoms with Crippen LogP contribution in [0.2, 0.25) is 0 Å². The zero-order valence-corrected chi connectivity index (χ0v) is 13.9. The highest BCUT2D eigenvalue weighted by Crippen LogP contribution is 2.31. The molecule has 4 nitrogen and oxygen atoms in total. The van der Waals surface area contributed by atoms with Crippen LogP contribution in [0.4, 0.5) is 5.69 Å². The Morgan fingerprint density at radius 3 is 2.32 bits per heavy atom. The Hall–Kier alpha value is -2.03. The fourth-order valence-electron chi connectivity index (χ4n) is 2.49. The molecule has 2 rings (SSSR count). The number of hydrogen-bond donors (Lipinski definition) is 0. The van der Waals surface area contributed by atoms with E-state index in [-0.39, 0.29) is 6.54 Å². The minimum absolute atomic E-state index is 0.0720. The van der Waals surface area contributed by atoms with Crippen molar-refractivity contribution < 1.29 is 8.42 Å². The molecule has 0 saturated carbocycles. The smallest absolute Gasteiger partial charge is 0.244 e.